The van der Waals surface area contributed by atoms with Gasteiger partial charge in [-0.3, -0.25) is 0 Å². The number of nitrogens with zero attached hydrogens (tertiary/aromatic N) is 2. The molecule has 0 N–H and O–H groups in total. The number of anilines is 1. The topological polar surface area (TPSA) is 15.5 Å². The van der Waals surface area contributed by atoms with Gasteiger partial charge in [0.25, 0.3) is 0 Å². The highest BCUT2D eigenvalue weighted by atomic mass is 16.5. The van der Waals surface area contributed by atoms with Gasteiger partial charge in [0.1, 0.15) is 6.54 Å². The first-order valence-corrected chi connectivity index (χ1v) is 8.43. The van der Waals surface area contributed by atoms with Crippen molar-refractivity contribution in [3.8, 4) is 0 Å². The van der Waals surface area contributed by atoms with Crippen molar-refractivity contribution in [3.63, 3.8) is 0 Å². The van der Waals surface area contributed by atoms with E-state index >= 15 is 0 Å². The molecule has 2 aliphatic heterocycles. The van der Waals surface area contributed by atoms with E-state index in [0.717, 1.165) is 38.6 Å². The van der Waals surface area contributed by atoms with E-state index in [1.165, 1.54) is 16.9 Å². The first-order valence-electron chi connectivity index (χ1n) is 8.43. The van der Waals surface area contributed by atoms with Gasteiger partial charge in [-0.05, 0) is 25.0 Å². The van der Waals surface area contributed by atoms with Gasteiger partial charge in [-0.1, -0.05) is 39.0 Å². The van der Waals surface area contributed by atoms with Crippen molar-refractivity contribution >= 4 is 11.6 Å². The van der Waals surface area contributed by atoms with Gasteiger partial charge in [-0.2, -0.15) is 4.58 Å². The van der Waals surface area contributed by atoms with Crippen LogP contribution in [-0.2, 0) is 10.2 Å². The average Bonchev–Trinajstić information content (AvgIpc) is 3.05. The lowest BCUT2D eigenvalue weighted by Crippen LogP contribution is -2.28. The van der Waals surface area contributed by atoms with Crippen molar-refractivity contribution in [2.75, 3.05) is 31.1 Å². The Morgan fingerprint density at radius 2 is 2.05 bits per heavy atom. The Hall–Kier alpha value is -1.77. The van der Waals surface area contributed by atoms with E-state index in [9.17, 15) is 0 Å². The molecule has 0 atom stereocenters. The number of hydrogen-bond donors (Lipinski definition) is 0. The summed E-state index contributed by atoms with van der Waals surface area (Å²) < 4.78 is 8.19. The van der Waals surface area contributed by atoms with Crippen LogP contribution in [0, 0.1) is 0 Å². The number of benzene rings is 1. The van der Waals surface area contributed by atoms with E-state index < -0.39 is 0 Å². The van der Waals surface area contributed by atoms with Gasteiger partial charge in [0.2, 0.25) is 0 Å². The highest BCUT2D eigenvalue weighted by Crippen LogP contribution is 2.47. The monoisotopic (exact) mass is 299 g/mol. The van der Waals surface area contributed by atoms with Gasteiger partial charge >= 0.3 is 5.90 Å². The molecule has 0 unspecified atom stereocenters. The quantitative estimate of drug-likeness (QED) is 0.790. The largest absolute Gasteiger partial charge is 0.438 e. The lowest BCUT2D eigenvalue weighted by molar-refractivity contribution is -0.513. The predicted molar refractivity (Wildman–Crippen MR) is 91.8 cm³/mol. The summed E-state index contributed by atoms with van der Waals surface area (Å²) in [5.74, 6) is 1.03. The summed E-state index contributed by atoms with van der Waals surface area (Å²) in [6.07, 6.45) is 3.40. The number of allylic oxidation sites excluding steroid dienone is 1. The maximum atomic E-state index is 5.88. The molecule has 0 radical (unpaired) electrons. The molecule has 0 aliphatic carbocycles. The van der Waals surface area contributed by atoms with Crippen LogP contribution in [0.25, 0.3) is 0 Å². The van der Waals surface area contributed by atoms with E-state index in [0.29, 0.717) is 0 Å². The summed E-state index contributed by atoms with van der Waals surface area (Å²) >= 11 is 0. The van der Waals surface area contributed by atoms with E-state index in [4.69, 9.17) is 4.74 Å². The highest BCUT2D eigenvalue weighted by molar-refractivity contribution is 5.87. The number of ether oxygens (including phenoxy) is 1. The molecule has 0 amide bonds. The van der Waals surface area contributed by atoms with Crippen LogP contribution in [0.15, 0.2) is 36.0 Å². The van der Waals surface area contributed by atoms with Gasteiger partial charge in [-0.25, -0.2) is 0 Å². The fourth-order valence-electron chi connectivity index (χ4n) is 3.59. The Bertz CT molecular complexity index is 628. The van der Waals surface area contributed by atoms with Crippen molar-refractivity contribution < 1.29 is 9.31 Å². The number of rotatable bonds is 4. The molecule has 3 rings (SSSR count). The molecular weight excluding hydrogens is 272 g/mol. The van der Waals surface area contributed by atoms with Gasteiger partial charge < -0.3 is 9.64 Å². The standard InChI is InChI=1S/C19H27N2O/c1-5-11-21-16-10-8-7-9-15(16)19(3,4)17(21)14-18-20(6-2)12-13-22-18/h7-10,14H,5-6,11-13H2,1-4H3/q+1. The zero-order valence-electron chi connectivity index (χ0n) is 14.2. The molecule has 0 saturated carbocycles. The van der Waals surface area contributed by atoms with Crippen molar-refractivity contribution in [1.82, 2.24) is 0 Å². The molecule has 2 aliphatic rings. The highest BCUT2D eigenvalue weighted by Gasteiger charge is 2.41. The second-order valence-electron chi connectivity index (χ2n) is 6.59. The number of para-hydroxylation sites is 1. The molecule has 1 aromatic carbocycles. The molecule has 0 bridgehead atoms. The van der Waals surface area contributed by atoms with Gasteiger partial charge in [-0.15, -0.1) is 0 Å². The Kier molecular flexibility index (Phi) is 3.98. The van der Waals surface area contributed by atoms with E-state index in [-0.39, 0.29) is 5.41 Å². The van der Waals surface area contributed by atoms with Crippen LogP contribution in [0.3, 0.4) is 0 Å². The molecule has 2 heterocycles. The van der Waals surface area contributed by atoms with Crippen molar-refractivity contribution in [2.24, 2.45) is 0 Å². The Labute approximate surface area is 133 Å². The summed E-state index contributed by atoms with van der Waals surface area (Å²) in [5, 5.41) is 0. The Balaban J connectivity index is 2.10. The third kappa shape index (κ3) is 2.33. The summed E-state index contributed by atoms with van der Waals surface area (Å²) in [7, 11) is 0. The van der Waals surface area contributed by atoms with Crippen LogP contribution >= 0.6 is 0 Å². The average molecular weight is 299 g/mol. The van der Waals surface area contributed by atoms with Crippen molar-refractivity contribution in [2.45, 2.75) is 39.5 Å². The molecule has 0 spiro atoms. The molecule has 118 valence electrons. The maximum absolute atomic E-state index is 5.88. The number of likely N-dealkylation sites (N-methyl/N-ethyl adjacent to an activating group) is 1. The Morgan fingerprint density at radius 3 is 2.77 bits per heavy atom. The zero-order chi connectivity index (χ0) is 15.7. The molecule has 1 aromatic rings. The van der Waals surface area contributed by atoms with Crippen molar-refractivity contribution in [3.05, 3.63) is 41.6 Å². The molecule has 0 saturated heterocycles. The second-order valence-corrected chi connectivity index (χ2v) is 6.59. The van der Waals surface area contributed by atoms with Crippen molar-refractivity contribution in [1.29, 1.82) is 0 Å². The molecule has 22 heavy (non-hydrogen) atoms. The van der Waals surface area contributed by atoms with E-state index in [1.807, 2.05) is 0 Å². The molecule has 3 heteroatoms. The third-order valence-corrected chi connectivity index (χ3v) is 4.81. The first kappa shape index (κ1) is 15.1. The molecular formula is C19H27N2O+. The fraction of sp³-hybridized carbons (Fsp3) is 0.526. The molecule has 0 aromatic heterocycles. The minimum Gasteiger partial charge on any atom is -0.438 e. The van der Waals surface area contributed by atoms with Crippen LogP contribution in [0.5, 0.6) is 0 Å². The van der Waals surface area contributed by atoms with Crippen LogP contribution in [-0.4, -0.2) is 36.7 Å². The van der Waals surface area contributed by atoms with Crippen LogP contribution in [0.1, 0.15) is 39.7 Å². The minimum atomic E-state index is 0.0180. The number of hydrogen-bond acceptors (Lipinski definition) is 2. The zero-order valence-corrected chi connectivity index (χ0v) is 14.2. The second kappa shape index (κ2) is 5.79. The van der Waals surface area contributed by atoms with Crippen LogP contribution in [0.4, 0.5) is 5.69 Å². The van der Waals surface area contributed by atoms with Gasteiger partial charge in [0.15, 0.2) is 13.2 Å². The third-order valence-electron chi connectivity index (χ3n) is 4.81. The van der Waals surface area contributed by atoms with Crippen LogP contribution in [0.2, 0.25) is 0 Å². The fourth-order valence-corrected chi connectivity index (χ4v) is 3.59. The van der Waals surface area contributed by atoms with E-state index in [1.54, 1.807) is 0 Å². The van der Waals surface area contributed by atoms with E-state index in [2.05, 4.69) is 67.5 Å². The van der Waals surface area contributed by atoms with Gasteiger partial charge in [0.05, 0.1) is 6.08 Å². The minimum absolute atomic E-state index is 0.0180. The molecule has 0 fully saturated rings. The Morgan fingerprint density at radius 1 is 1.27 bits per heavy atom. The lowest BCUT2D eigenvalue weighted by atomic mass is 9.84. The SMILES string of the molecule is CCCN1C(=CC2=[N+](CC)CCO2)C(C)(C)c2ccccc21. The summed E-state index contributed by atoms with van der Waals surface area (Å²) in [4.78, 5) is 2.47. The van der Waals surface area contributed by atoms with Gasteiger partial charge in [0, 0.05) is 23.3 Å². The van der Waals surface area contributed by atoms with Crippen LogP contribution < -0.4 is 4.90 Å². The summed E-state index contributed by atoms with van der Waals surface area (Å²) in [5.41, 5.74) is 4.13. The normalized spacial score (nSPS) is 21.5. The summed E-state index contributed by atoms with van der Waals surface area (Å²) in [6.45, 7) is 12.9. The smallest absolute Gasteiger partial charge is 0.364 e. The first-order chi connectivity index (χ1) is 10.6. The predicted octanol–water partition coefficient (Wildman–Crippen LogP) is 3.54. The maximum Gasteiger partial charge on any atom is 0.364 e. The summed E-state index contributed by atoms with van der Waals surface area (Å²) in [6, 6.07) is 8.78. The lowest BCUT2D eigenvalue weighted by Gasteiger charge is -2.26. The molecule has 3 nitrogen and oxygen atoms in total. The number of fused-ring (bicyclic) bond motifs is 1.